The van der Waals surface area contributed by atoms with Gasteiger partial charge in [0.15, 0.2) is 0 Å². The van der Waals surface area contributed by atoms with E-state index in [0.29, 0.717) is 13.0 Å². The van der Waals surface area contributed by atoms with Crippen LogP contribution in [0.2, 0.25) is 0 Å². The minimum atomic E-state index is -0.298. The van der Waals surface area contributed by atoms with Crippen molar-refractivity contribution < 1.29 is 4.79 Å². The molecule has 0 N–H and O–H groups in total. The molecule has 1 atom stereocenters. The first kappa shape index (κ1) is 16.2. The molecule has 6 nitrogen and oxygen atoms in total. The summed E-state index contributed by atoms with van der Waals surface area (Å²) in [7, 11) is 3.66. The van der Waals surface area contributed by atoms with Crippen LogP contribution in [0.4, 0.5) is 0 Å². The van der Waals surface area contributed by atoms with Gasteiger partial charge in [-0.3, -0.25) is 14.2 Å². The maximum Gasteiger partial charge on any atom is 0.247 e. The standard InChI is InChI=1S/C13H17Br2N5O/c1-4-11(20-7-9(14)5-17-20)13(21)18(2)8-12-10(15)6-16-19(12)3/h5-7,11H,4,8H2,1-3H3. The van der Waals surface area contributed by atoms with E-state index in [2.05, 4.69) is 42.1 Å². The first-order valence-corrected chi connectivity index (χ1v) is 8.13. The highest BCUT2D eigenvalue weighted by molar-refractivity contribution is 9.10. The van der Waals surface area contributed by atoms with Crippen LogP contribution in [0.5, 0.6) is 0 Å². The summed E-state index contributed by atoms with van der Waals surface area (Å²) in [6.07, 6.45) is 5.92. The first-order valence-electron chi connectivity index (χ1n) is 6.55. The molecule has 0 aliphatic carbocycles. The van der Waals surface area contributed by atoms with Crippen molar-refractivity contribution in [1.82, 2.24) is 24.5 Å². The second-order valence-electron chi connectivity index (χ2n) is 4.82. The quantitative estimate of drug-likeness (QED) is 0.750. The van der Waals surface area contributed by atoms with Crippen molar-refractivity contribution >= 4 is 37.8 Å². The Morgan fingerprint density at radius 1 is 1.38 bits per heavy atom. The Morgan fingerprint density at radius 3 is 2.57 bits per heavy atom. The van der Waals surface area contributed by atoms with E-state index < -0.39 is 0 Å². The number of hydrogen-bond donors (Lipinski definition) is 0. The molecule has 2 rings (SSSR count). The van der Waals surface area contributed by atoms with E-state index in [0.717, 1.165) is 14.6 Å². The average Bonchev–Trinajstić information content (AvgIpc) is 3.00. The number of rotatable bonds is 5. The van der Waals surface area contributed by atoms with Crippen molar-refractivity contribution in [3.8, 4) is 0 Å². The van der Waals surface area contributed by atoms with Crippen molar-refractivity contribution in [2.24, 2.45) is 7.05 Å². The van der Waals surface area contributed by atoms with Gasteiger partial charge < -0.3 is 4.90 Å². The Kier molecular flexibility index (Phi) is 5.21. The van der Waals surface area contributed by atoms with Crippen molar-refractivity contribution in [3.05, 3.63) is 33.2 Å². The molecule has 0 saturated carbocycles. The second kappa shape index (κ2) is 6.74. The Balaban J connectivity index is 2.14. The Hall–Kier alpha value is -1.15. The van der Waals surface area contributed by atoms with Gasteiger partial charge >= 0.3 is 0 Å². The van der Waals surface area contributed by atoms with Gasteiger partial charge in [-0.25, -0.2) is 0 Å². The summed E-state index contributed by atoms with van der Waals surface area (Å²) in [5.41, 5.74) is 0.961. The molecule has 1 amide bonds. The van der Waals surface area contributed by atoms with E-state index in [1.54, 1.807) is 33.7 Å². The molecule has 1 unspecified atom stereocenters. The third-order valence-corrected chi connectivity index (χ3v) is 4.41. The number of carbonyl (C=O) groups excluding carboxylic acids is 1. The topological polar surface area (TPSA) is 56.0 Å². The normalized spacial score (nSPS) is 12.4. The van der Waals surface area contributed by atoms with Gasteiger partial charge in [0.05, 0.1) is 33.6 Å². The number of likely N-dealkylation sites (N-methyl/N-ethyl adjacent to an activating group) is 1. The summed E-state index contributed by atoms with van der Waals surface area (Å²) in [5, 5.41) is 8.38. The molecule has 0 radical (unpaired) electrons. The largest absolute Gasteiger partial charge is 0.338 e. The number of amides is 1. The van der Waals surface area contributed by atoms with Crippen LogP contribution in [-0.2, 0) is 18.4 Å². The molecule has 0 saturated heterocycles. The van der Waals surface area contributed by atoms with Crippen LogP contribution in [0.1, 0.15) is 25.1 Å². The van der Waals surface area contributed by atoms with Gasteiger partial charge in [-0.05, 0) is 38.3 Å². The van der Waals surface area contributed by atoms with Crippen molar-refractivity contribution in [2.45, 2.75) is 25.9 Å². The first-order chi connectivity index (χ1) is 9.93. The van der Waals surface area contributed by atoms with Crippen LogP contribution < -0.4 is 0 Å². The van der Waals surface area contributed by atoms with Crippen LogP contribution in [0.25, 0.3) is 0 Å². The number of halogens is 2. The predicted molar refractivity (Wildman–Crippen MR) is 86.6 cm³/mol. The number of hydrogen-bond acceptors (Lipinski definition) is 3. The van der Waals surface area contributed by atoms with Crippen LogP contribution in [0.3, 0.4) is 0 Å². The van der Waals surface area contributed by atoms with Crippen LogP contribution in [0.15, 0.2) is 27.5 Å². The molecule has 2 aromatic heterocycles. The van der Waals surface area contributed by atoms with E-state index in [1.165, 1.54) is 0 Å². The third kappa shape index (κ3) is 3.55. The third-order valence-electron chi connectivity index (χ3n) is 3.33. The maximum absolute atomic E-state index is 12.6. The second-order valence-corrected chi connectivity index (χ2v) is 6.59. The summed E-state index contributed by atoms with van der Waals surface area (Å²) in [6.45, 7) is 2.47. The Morgan fingerprint density at radius 2 is 2.10 bits per heavy atom. The van der Waals surface area contributed by atoms with E-state index in [1.807, 2.05) is 20.2 Å². The molecule has 0 bridgehead atoms. The zero-order chi connectivity index (χ0) is 15.6. The molecule has 0 fully saturated rings. The molecule has 2 heterocycles. The number of aromatic nitrogens is 4. The highest BCUT2D eigenvalue weighted by atomic mass is 79.9. The summed E-state index contributed by atoms with van der Waals surface area (Å²) in [5.74, 6) is 0.0289. The molecule has 114 valence electrons. The van der Waals surface area contributed by atoms with Crippen molar-refractivity contribution in [3.63, 3.8) is 0 Å². The lowest BCUT2D eigenvalue weighted by Gasteiger charge is -2.23. The predicted octanol–water partition coefficient (Wildman–Crippen LogP) is 2.75. The number of carbonyl (C=O) groups is 1. The molecular formula is C13H17Br2N5O. The summed E-state index contributed by atoms with van der Waals surface area (Å²) < 4.78 is 5.23. The minimum absolute atomic E-state index is 0.0289. The zero-order valence-corrected chi connectivity index (χ0v) is 15.3. The van der Waals surface area contributed by atoms with Crippen molar-refractivity contribution in [2.75, 3.05) is 7.05 Å². The van der Waals surface area contributed by atoms with Crippen LogP contribution in [-0.4, -0.2) is 37.4 Å². The fraction of sp³-hybridized carbons (Fsp3) is 0.462. The van der Waals surface area contributed by atoms with E-state index in [4.69, 9.17) is 0 Å². The average molecular weight is 419 g/mol. The van der Waals surface area contributed by atoms with Gasteiger partial charge in [-0.2, -0.15) is 10.2 Å². The molecule has 21 heavy (non-hydrogen) atoms. The SMILES string of the molecule is CCC(C(=O)N(C)Cc1c(Br)cnn1C)n1cc(Br)cn1. The van der Waals surface area contributed by atoms with Gasteiger partial charge in [-0.15, -0.1) is 0 Å². The lowest BCUT2D eigenvalue weighted by molar-refractivity contribution is -0.134. The van der Waals surface area contributed by atoms with Crippen molar-refractivity contribution in [1.29, 1.82) is 0 Å². The molecule has 0 aromatic carbocycles. The summed E-state index contributed by atoms with van der Waals surface area (Å²) >= 11 is 6.81. The maximum atomic E-state index is 12.6. The van der Waals surface area contributed by atoms with Gasteiger partial charge in [0, 0.05) is 20.3 Å². The fourth-order valence-corrected chi connectivity index (χ4v) is 2.91. The lowest BCUT2D eigenvalue weighted by Crippen LogP contribution is -2.34. The van der Waals surface area contributed by atoms with Gasteiger partial charge in [0.25, 0.3) is 0 Å². The summed E-state index contributed by atoms with van der Waals surface area (Å²) in [6, 6.07) is -0.298. The number of aryl methyl sites for hydroxylation is 1. The zero-order valence-electron chi connectivity index (χ0n) is 12.1. The molecular weight excluding hydrogens is 402 g/mol. The molecule has 2 aromatic rings. The molecule has 0 aliphatic heterocycles. The monoisotopic (exact) mass is 417 g/mol. The molecule has 0 spiro atoms. The molecule has 8 heteroatoms. The molecule has 0 aliphatic rings. The minimum Gasteiger partial charge on any atom is -0.338 e. The van der Waals surface area contributed by atoms with E-state index in [9.17, 15) is 4.79 Å². The van der Waals surface area contributed by atoms with Gasteiger partial charge in [0.1, 0.15) is 6.04 Å². The highest BCUT2D eigenvalue weighted by Crippen LogP contribution is 2.20. The summed E-state index contributed by atoms with van der Waals surface area (Å²) in [4.78, 5) is 14.3. The lowest BCUT2D eigenvalue weighted by atomic mass is 10.2. The van der Waals surface area contributed by atoms with Gasteiger partial charge in [0.2, 0.25) is 5.91 Å². The van der Waals surface area contributed by atoms with E-state index >= 15 is 0 Å². The smallest absolute Gasteiger partial charge is 0.247 e. The van der Waals surface area contributed by atoms with Gasteiger partial charge in [-0.1, -0.05) is 6.92 Å². The van der Waals surface area contributed by atoms with Crippen LogP contribution >= 0.6 is 31.9 Å². The van der Waals surface area contributed by atoms with E-state index in [-0.39, 0.29) is 11.9 Å². The fourth-order valence-electron chi connectivity index (χ4n) is 2.13. The highest BCUT2D eigenvalue weighted by Gasteiger charge is 2.24. The number of nitrogens with zero attached hydrogens (tertiary/aromatic N) is 5. The Bertz CT molecular complexity index is 617. The van der Waals surface area contributed by atoms with Crippen LogP contribution in [0, 0.1) is 0 Å². The Labute approximate surface area is 140 Å².